The van der Waals surface area contributed by atoms with Crippen molar-refractivity contribution in [3.63, 3.8) is 0 Å². The van der Waals surface area contributed by atoms with Crippen molar-refractivity contribution in [2.24, 2.45) is 0 Å². The Morgan fingerprint density at radius 2 is 1.56 bits per heavy atom. The molecule has 0 saturated heterocycles. The van der Waals surface area contributed by atoms with E-state index in [2.05, 4.69) is 6.92 Å². The highest BCUT2D eigenvalue weighted by atomic mass is 16.1. The van der Waals surface area contributed by atoms with Gasteiger partial charge in [0.15, 0.2) is 5.78 Å². The number of benzene rings is 2. The first kappa shape index (κ1) is 12.3. The third-order valence-corrected chi connectivity index (χ3v) is 2.85. The number of hydrogen-bond acceptors (Lipinski definition) is 1. The van der Waals surface area contributed by atoms with Crippen molar-refractivity contribution in [2.45, 2.75) is 13.8 Å². The van der Waals surface area contributed by atoms with Crippen LogP contribution in [-0.4, -0.2) is 5.78 Å². The minimum absolute atomic E-state index is 0.0798. The van der Waals surface area contributed by atoms with E-state index in [-0.39, 0.29) is 5.78 Å². The summed E-state index contributed by atoms with van der Waals surface area (Å²) in [4.78, 5) is 12.1. The lowest BCUT2D eigenvalue weighted by Gasteiger charge is -2.02. The number of allylic oxidation sites excluding steroid dienone is 1. The Balaban J connectivity index is 2.23. The molecule has 0 aromatic heterocycles. The smallest absolute Gasteiger partial charge is 0.188 e. The van der Waals surface area contributed by atoms with Crippen LogP contribution in [0.4, 0.5) is 0 Å². The molecule has 0 radical (unpaired) electrons. The number of ketones is 1. The maximum atomic E-state index is 12.1. The van der Waals surface area contributed by atoms with Crippen molar-refractivity contribution in [3.8, 4) is 0 Å². The van der Waals surface area contributed by atoms with Crippen molar-refractivity contribution in [1.82, 2.24) is 0 Å². The summed E-state index contributed by atoms with van der Waals surface area (Å²) < 4.78 is 0. The van der Waals surface area contributed by atoms with E-state index in [4.69, 9.17) is 0 Å². The molecule has 1 heteroatoms. The zero-order valence-electron chi connectivity index (χ0n) is 10.7. The van der Waals surface area contributed by atoms with Gasteiger partial charge in [0, 0.05) is 5.56 Å². The maximum absolute atomic E-state index is 12.1. The third-order valence-electron chi connectivity index (χ3n) is 2.85. The quantitative estimate of drug-likeness (QED) is 0.574. The van der Waals surface area contributed by atoms with E-state index >= 15 is 0 Å². The number of hydrogen-bond donors (Lipinski definition) is 0. The molecule has 0 atom stereocenters. The van der Waals surface area contributed by atoms with Crippen molar-refractivity contribution >= 4 is 11.9 Å². The van der Waals surface area contributed by atoms with Gasteiger partial charge in [-0.1, -0.05) is 60.2 Å². The fourth-order valence-corrected chi connectivity index (χ4v) is 1.80. The van der Waals surface area contributed by atoms with Gasteiger partial charge in [-0.2, -0.15) is 0 Å². The predicted octanol–water partition coefficient (Wildman–Crippen LogP) is 4.28. The van der Waals surface area contributed by atoms with Crippen LogP contribution >= 0.6 is 0 Å². The van der Waals surface area contributed by atoms with E-state index in [0.29, 0.717) is 0 Å². The molecule has 0 saturated carbocycles. The first-order chi connectivity index (χ1) is 8.66. The minimum Gasteiger partial charge on any atom is -0.289 e. The molecular formula is C17H16O. The summed E-state index contributed by atoms with van der Waals surface area (Å²) in [7, 11) is 0. The number of Topliss-reactive ketones (excluding diaryl/α,β-unsaturated/α-hetero) is 1. The Bertz CT molecular complexity index is 562. The summed E-state index contributed by atoms with van der Waals surface area (Å²) in [6, 6.07) is 17.5. The third kappa shape index (κ3) is 2.95. The summed E-state index contributed by atoms with van der Waals surface area (Å²) in [6.45, 7) is 3.91. The minimum atomic E-state index is 0.0798. The molecule has 1 nitrogen and oxygen atoms in total. The molecule has 0 spiro atoms. The molecule has 0 amide bonds. The Morgan fingerprint density at radius 3 is 2.17 bits per heavy atom. The molecule has 0 N–H and O–H groups in total. The molecule has 0 unspecified atom stereocenters. The van der Waals surface area contributed by atoms with Crippen LogP contribution in [0.2, 0.25) is 0 Å². The van der Waals surface area contributed by atoms with Crippen molar-refractivity contribution < 1.29 is 4.79 Å². The lowest BCUT2D eigenvalue weighted by atomic mass is 10.0. The van der Waals surface area contributed by atoms with Gasteiger partial charge in [0.2, 0.25) is 0 Å². The van der Waals surface area contributed by atoms with Gasteiger partial charge in [0.05, 0.1) is 0 Å². The SMILES string of the molecule is C/C(=C\c1ccc(C)cc1)C(=O)c1ccccc1. The van der Waals surface area contributed by atoms with Gasteiger partial charge < -0.3 is 0 Å². The molecule has 0 fully saturated rings. The highest BCUT2D eigenvalue weighted by Gasteiger charge is 2.06. The van der Waals surface area contributed by atoms with Crippen LogP contribution in [0.15, 0.2) is 60.2 Å². The summed E-state index contributed by atoms with van der Waals surface area (Å²) in [5.41, 5.74) is 3.77. The van der Waals surface area contributed by atoms with Crippen LogP contribution in [-0.2, 0) is 0 Å². The molecule has 18 heavy (non-hydrogen) atoms. The largest absolute Gasteiger partial charge is 0.289 e. The van der Waals surface area contributed by atoms with E-state index in [1.54, 1.807) is 0 Å². The lowest BCUT2D eigenvalue weighted by Crippen LogP contribution is -1.99. The molecule has 0 heterocycles. The first-order valence-electron chi connectivity index (χ1n) is 6.01. The van der Waals surface area contributed by atoms with Gasteiger partial charge in [-0.05, 0) is 31.1 Å². The van der Waals surface area contributed by atoms with Crippen LogP contribution in [0.5, 0.6) is 0 Å². The predicted molar refractivity (Wildman–Crippen MR) is 75.6 cm³/mol. The van der Waals surface area contributed by atoms with Gasteiger partial charge in [-0.3, -0.25) is 4.79 Å². The first-order valence-corrected chi connectivity index (χ1v) is 6.01. The van der Waals surface area contributed by atoms with Gasteiger partial charge >= 0.3 is 0 Å². The van der Waals surface area contributed by atoms with E-state index in [0.717, 1.165) is 16.7 Å². The number of carbonyl (C=O) groups is 1. The molecule has 90 valence electrons. The second-order valence-electron chi connectivity index (χ2n) is 4.43. The summed E-state index contributed by atoms with van der Waals surface area (Å²) in [5, 5.41) is 0. The Kier molecular flexibility index (Phi) is 3.73. The molecule has 2 aromatic rings. The lowest BCUT2D eigenvalue weighted by molar-refractivity contribution is 0.103. The van der Waals surface area contributed by atoms with E-state index < -0.39 is 0 Å². The zero-order chi connectivity index (χ0) is 13.0. The normalized spacial score (nSPS) is 11.3. The molecule has 2 aromatic carbocycles. The second kappa shape index (κ2) is 5.46. The topological polar surface area (TPSA) is 17.1 Å². The Labute approximate surface area is 108 Å². The molecule has 0 aliphatic heterocycles. The Hall–Kier alpha value is -2.15. The zero-order valence-corrected chi connectivity index (χ0v) is 10.7. The van der Waals surface area contributed by atoms with Gasteiger partial charge in [-0.25, -0.2) is 0 Å². The second-order valence-corrected chi connectivity index (χ2v) is 4.43. The highest BCUT2D eigenvalue weighted by molar-refractivity contribution is 6.10. The van der Waals surface area contributed by atoms with Gasteiger partial charge in [0.25, 0.3) is 0 Å². The highest BCUT2D eigenvalue weighted by Crippen LogP contribution is 2.13. The van der Waals surface area contributed by atoms with Crippen LogP contribution in [0.1, 0.15) is 28.4 Å². The molecule has 0 aliphatic rings. The molecule has 0 bridgehead atoms. The molecular weight excluding hydrogens is 220 g/mol. The summed E-state index contributed by atoms with van der Waals surface area (Å²) in [6.07, 6.45) is 1.93. The number of rotatable bonds is 3. The monoisotopic (exact) mass is 236 g/mol. The Morgan fingerprint density at radius 1 is 0.944 bits per heavy atom. The average molecular weight is 236 g/mol. The summed E-state index contributed by atoms with van der Waals surface area (Å²) in [5.74, 6) is 0.0798. The van der Waals surface area contributed by atoms with Crippen molar-refractivity contribution in [3.05, 3.63) is 76.9 Å². The molecule has 2 rings (SSSR count). The van der Waals surface area contributed by atoms with Gasteiger partial charge in [0.1, 0.15) is 0 Å². The standard InChI is InChI=1S/C17H16O/c1-13-8-10-15(11-9-13)12-14(2)17(18)16-6-4-3-5-7-16/h3-12H,1-2H3/b14-12+. The van der Waals surface area contributed by atoms with E-state index in [1.165, 1.54) is 5.56 Å². The molecule has 0 aliphatic carbocycles. The van der Waals surface area contributed by atoms with Crippen LogP contribution in [0.3, 0.4) is 0 Å². The van der Waals surface area contributed by atoms with E-state index in [9.17, 15) is 4.79 Å². The van der Waals surface area contributed by atoms with Gasteiger partial charge in [-0.15, -0.1) is 0 Å². The van der Waals surface area contributed by atoms with Crippen molar-refractivity contribution in [1.29, 1.82) is 0 Å². The van der Waals surface area contributed by atoms with Crippen molar-refractivity contribution in [2.75, 3.05) is 0 Å². The van der Waals surface area contributed by atoms with Crippen LogP contribution in [0, 0.1) is 6.92 Å². The maximum Gasteiger partial charge on any atom is 0.188 e. The van der Waals surface area contributed by atoms with Crippen LogP contribution < -0.4 is 0 Å². The number of aryl methyl sites for hydroxylation is 1. The fraction of sp³-hybridized carbons (Fsp3) is 0.118. The van der Waals surface area contributed by atoms with Crippen LogP contribution in [0.25, 0.3) is 6.08 Å². The fourth-order valence-electron chi connectivity index (χ4n) is 1.80. The summed E-state index contributed by atoms with van der Waals surface area (Å²) >= 11 is 0. The average Bonchev–Trinajstić information content (AvgIpc) is 2.41. The van der Waals surface area contributed by atoms with E-state index in [1.807, 2.05) is 67.6 Å². The number of carbonyl (C=O) groups excluding carboxylic acids is 1.